The first-order valence-electron chi connectivity index (χ1n) is 4.49. The first-order chi connectivity index (χ1) is 7.22. The van der Waals surface area contributed by atoms with Gasteiger partial charge in [0.1, 0.15) is 6.54 Å². The molecule has 2 aromatic rings. The van der Waals surface area contributed by atoms with Crippen molar-refractivity contribution in [1.82, 2.24) is 9.88 Å². The van der Waals surface area contributed by atoms with E-state index < -0.39 is 0 Å². The number of thiophene rings is 1. The van der Waals surface area contributed by atoms with Crippen LogP contribution in [0.1, 0.15) is 0 Å². The normalized spacial score (nSPS) is 10.5. The number of rotatable bonds is 2. The third-order valence-corrected chi connectivity index (χ3v) is 3.07. The van der Waals surface area contributed by atoms with Crippen molar-refractivity contribution in [2.45, 2.75) is 6.54 Å². The lowest BCUT2D eigenvalue weighted by Gasteiger charge is -2.03. The maximum atomic E-state index is 11.8. The molecule has 0 saturated heterocycles. The van der Waals surface area contributed by atoms with Crippen molar-refractivity contribution in [3.63, 3.8) is 0 Å². The molecule has 0 bridgehead atoms. The maximum absolute atomic E-state index is 11.8. The van der Waals surface area contributed by atoms with Crippen molar-refractivity contribution in [1.29, 1.82) is 0 Å². The number of pyridine rings is 1. The SMILES string of the molecule is CNC(=O)Cn1ccc2sccc2c1=O. The van der Waals surface area contributed by atoms with Gasteiger partial charge in [0.15, 0.2) is 0 Å². The number of nitrogens with zero attached hydrogens (tertiary/aromatic N) is 1. The predicted octanol–water partition coefficient (Wildman–Crippen LogP) is 0.809. The molecule has 0 unspecified atom stereocenters. The van der Waals surface area contributed by atoms with Crippen molar-refractivity contribution in [2.24, 2.45) is 0 Å². The van der Waals surface area contributed by atoms with Gasteiger partial charge in [-0.15, -0.1) is 11.3 Å². The van der Waals surface area contributed by atoms with Gasteiger partial charge < -0.3 is 9.88 Å². The van der Waals surface area contributed by atoms with E-state index in [9.17, 15) is 9.59 Å². The van der Waals surface area contributed by atoms with E-state index in [1.807, 2.05) is 11.4 Å². The summed E-state index contributed by atoms with van der Waals surface area (Å²) in [6, 6.07) is 3.63. The van der Waals surface area contributed by atoms with E-state index in [0.29, 0.717) is 5.39 Å². The molecule has 2 heterocycles. The lowest BCUT2D eigenvalue weighted by atomic mass is 10.3. The van der Waals surface area contributed by atoms with Gasteiger partial charge >= 0.3 is 0 Å². The van der Waals surface area contributed by atoms with Gasteiger partial charge in [0, 0.05) is 17.9 Å². The highest BCUT2D eigenvalue weighted by Gasteiger charge is 2.05. The molecule has 5 heteroatoms. The minimum atomic E-state index is -0.174. The van der Waals surface area contributed by atoms with Gasteiger partial charge in [-0.05, 0) is 17.5 Å². The second kappa shape index (κ2) is 3.86. The zero-order valence-electron chi connectivity index (χ0n) is 8.19. The third kappa shape index (κ3) is 1.78. The molecular formula is C10H10N2O2S. The Labute approximate surface area is 90.2 Å². The number of hydrogen-bond donors (Lipinski definition) is 1. The molecule has 0 radical (unpaired) electrons. The molecule has 0 saturated carbocycles. The molecule has 1 amide bonds. The number of nitrogens with one attached hydrogen (secondary N) is 1. The van der Waals surface area contributed by atoms with Crippen LogP contribution in [0.3, 0.4) is 0 Å². The number of hydrogen-bond acceptors (Lipinski definition) is 3. The summed E-state index contributed by atoms with van der Waals surface area (Å²) in [6.07, 6.45) is 1.65. The van der Waals surface area contributed by atoms with Gasteiger partial charge in [0.25, 0.3) is 5.56 Å². The van der Waals surface area contributed by atoms with Crippen LogP contribution in [0, 0.1) is 0 Å². The number of carbonyl (C=O) groups is 1. The minimum absolute atomic E-state index is 0.0706. The Bertz CT molecular complexity index is 556. The van der Waals surface area contributed by atoms with E-state index in [-0.39, 0.29) is 18.0 Å². The zero-order chi connectivity index (χ0) is 10.8. The Morgan fingerprint density at radius 2 is 2.33 bits per heavy atom. The summed E-state index contributed by atoms with van der Waals surface area (Å²) in [5.41, 5.74) is -0.114. The molecule has 1 N–H and O–H groups in total. The molecule has 2 aromatic heterocycles. The molecule has 0 aromatic carbocycles. The van der Waals surface area contributed by atoms with Crippen molar-refractivity contribution >= 4 is 27.3 Å². The fraction of sp³-hybridized carbons (Fsp3) is 0.200. The van der Waals surface area contributed by atoms with Gasteiger partial charge in [-0.3, -0.25) is 9.59 Å². The fourth-order valence-corrected chi connectivity index (χ4v) is 2.14. The minimum Gasteiger partial charge on any atom is -0.358 e. The highest BCUT2D eigenvalue weighted by molar-refractivity contribution is 7.17. The zero-order valence-corrected chi connectivity index (χ0v) is 9.00. The number of amides is 1. The Kier molecular flexibility index (Phi) is 2.55. The van der Waals surface area contributed by atoms with Crippen LogP contribution in [0.25, 0.3) is 10.1 Å². The summed E-state index contributed by atoms with van der Waals surface area (Å²) in [4.78, 5) is 23.0. The molecule has 15 heavy (non-hydrogen) atoms. The molecule has 0 aliphatic carbocycles. The second-order valence-corrected chi connectivity index (χ2v) is 4.07. The van der Waals surface area contributed by atoms with Crippen LogP contribution in [0.15, 0.2) is 28.5 Å². The summed E-state index contributed by atoms with van der Waals surface area (Å²) < 4.78 is 2.36. The topological polar surface area (TPSA) is 51.1 Å². The summed E-state index contributed by atoms with van der Waals surface area (Å²) in [6.45, 7) is 0.0706. The molecule has 78 valence electrons. The highest BCUT2D eigenvalue weighted by Crippen LogP contribution is 2.15. The van der Waals surface area contributed by atoms with E-state index in [0.717, 1.165) is 4.70 Å². The van der Waals surface area contributed by atoms with Crippen LogP contribution in [0.4, 0.5) is 0 Å². The molecule has 0 atom stereocenters. The monoisotopic (exact) mass is 222 g/mol. The number of fused-ring (bicyclic) bond motifs is 1. The van der Waals surface area contributed by atoms with Crippen LogP contribution < -0.4 is 10.9 Å². The molecule has 0 spiro atoms. The maximum Gasteiger partial charge on any atom is 0.259 e. The van der Waals surface area contributed by atoms with Crippen LogP contribution in [-0.2, 0) is 11.3 Å². The molecule has 0 aliphatic heterocycles. The molecule has 0 aliphatic rings. The van der Waals surface area contributed by atoms with Crippen molar-refractivity contribution in [3.05, 3.63) is 34.1 Å². The lowest BCUT2D eigenvalue weighted by molar-refractivity contribution is -0.121. The second-order valence-electron chi connectivity index (χ2n) is 3.12. The van der Waals surface area contributed by atoms with Crippen LogP contribution in [-0.4, -0.2) is 17.5 Å². The van der Waals surface area contributed by atoms with E-state index in [1.54, 1.807) is 19.3 Å². The van der Waals surface area contributed by atoms with E-state index in [1.165, 1.54) is 15.9 Å². The fourth-order valence-electron chi connectivity index (χ4n) is 1.37. The number of likely N-dealkylation sites (N-methyl/N-ethyl adjacent to an activating group) is 1. The average molecular weight is 222 g/mol. The average Bonchev–Trinajstić information content (AvgIpc) is 2.70. The third-order valence-electron chi connectivity index (χ3n) is 2.19. The summed E-state index contributed by atoms with van der Waals surface area (Å²) in [5.74, 6) is -0.174. The first kappa shape index (κ1) is 9.92. The number of aromatic nitrogens is 1. The molecular weight excluding hydrogens is 212 g/mol. The lowest BCUT2D eigenvalue weighted by Crippen LogP contribution is -2.29. The van der Waals surface area contributed by atoms with Crippen LogP contribution in [0.2, 0.25) is 0 Å². The van der Waals surface area contributed by atoms with Gasteiger partial charge in [-0.2, -0.15) is 0 Å². The van der Waals surface area contributed by atoms with E-state index >= 15 is 0 Å². The summed E-state index contributed by atoms with van der Waals surface area (Å²) in [5, 5.41) is 5.03. The molecule has 2 rings (SSSR count). The Balaban J connectivity index is 2.48. The Morgan fingerprint density at radius 1 is 1.53 bits per heavy atom. The van der Waals surface area contributed by atoms with Gasteiger partial charge in [0.05, 0.1) is 5.39 Å². The molecule has 4 nitrogen and oxygen atoms in total. The quantitative estimate of drug-likeness (QED) is 0.817. The van der Waals surface area contributed by atoms with Crippen molar-refractivity contribution in [3.8, 4) is 0 Å². The van der Waals surface area contributed by atoms with Gasteiger partial charge in [-0.1, -0.05) is 0 Å². The highest BCUT2D eigenvalue weighted by atomic mass is 32.1. The predicted molar refractivity (Wildman–Crippen MR) is 60.2 cm³/mol. The van der Waals surface area contributed by atoms with Gasteiger partial charge in [0.2, 0.25) is 5.91 Å². The summed E-state index contributed by atoms with van der Waals surface area (Å²) >= 11 is 1.52. The Hall–Kier alpha value is -1.62. The van der Waals surface area contributed by atoms with Gasteiger partial charge in [-0.25, -0.2) is 0 Å². The van der Waals surface area contributed by atoms with E-state index in [2.05, 4.69) is 5.32 Å². The summed E-state index contributed by atoms with van der Waals surface area (Å²) in [7, 11) is 1.55. The van der Waals surface area contributed by atoms with Crippen LogP contribution in [0.5, 0.6) is 0 Å². The smallest absolute Gasteiger partial charge is 0.259 e. The molecule has 0 fully saturated rings. The standard InChI is InChI=1S/C10H10N2O2S/c1-11-9(13)6-12-4-2-8-7(10(12)14)3-5-15-8/h2-5H,6H2,1H3,(H,11,13). The number of carbonyl (C=O) groups excluding carboxylic acids is 1. The largest absolute Gasteiger partial charge is 0.358 e. The van der Waals surface area contributed by atoms with Crippen LogP contribution >= 0.6 is 11.3 Å². The van der Waals surface area contributed by atoms with Crippen molar-refractivity contribution in [2.75, 3.05) is 7.05 Å². The first-order valence-corrected chi connectivity index (χ1v) is 5.37. The Morgan fingerprint density at radius 3 is 3.07 bits per heavy atom. The van der Waals surface area contributed by atoms with Crippen molar-refractivity contribution < 1.29 is 4.79 Å². The van der Waals surface area contributed by atoms with E-state index in [4.69, 9.17) is 0 Å².